The SMILES string of the molecule is COC(=O)CCNC(=O)CCOc1ccc(C)cc1C. The van der Waals surface area contributed by atoms with Gasteiger partial charge in [-0.25, -0.2) is 0 Å². The minimum atomic E-state index is -0.336. The van der Waals surface area contributed by atoms with Crippen LogP contribution in [0.2, 0.25) is 0 Å². The fraction of sp³-hybridized carbons (Fsp3) is 0.467. The van der Waals surface area contributed by atoms with Gasteiger partial charge >= 0.3 is 5.97 Å². The van der Waals surface area contributed by atoms with Crippen LogP contribution >= 0.6 is 0 Å². The Hall–Kier alpha value is -2.04. The normalized spacial score (nSPS) is 9.95. The van der Waals surface area contributed by atoms with E-state index in [1.807, 2.05) is 32.0 Å². The number of ether oxygens (including phenoxy) is 2. The van der Waals surface area contributed by atoms with Gasteiger partial charge in [-0.3, -0.25) is 9.59 Å². The van der Waals surface area contributed by atoms with E-state index in [0.717, 1.165) is 11.3 Å². The number of amides is 1. The highest BCUT2D eigenvalue weighted by molar-refractivity contribution is 5.77. The summed E-state index contributed by atoms with van der Waals surface area (Å²) in [5, 5.41) is 2.64. The summed E-state index contributed by atoms with van der Waals surface area (Å²) >= 11 is 0. The van der Waals surface area contributed by atoms with Crippen molar-refractivity contribution in [2.45, 2.75) is 26.7 Å². The predicted octanol–water partition coefficient (Wildman–Crippen LogP) is 1.75. The highest BCUT2D eigenvalue weighted by Crippen LogP contribution is 2.18. The second-order valence-electron chi connectivity index (χ2n) is 4.54. The Balaban J connectivity index is 2.23. The lowest BCUT2D eigenvalue weighted by atomic mass is 10.1. The highest BCUT2D eigenvalue weighted by Gasteiger charge is 2.05. The van der Waals surface area contributed by atoms with Gasteiger partial charge in [0.15, 0.2) is 0 Å². The van der Waals surface area contributed by atoms with E-state index in [-0.39, 0.29) is 31.3 Å². The fourth-order valence-corrected chi connectivity index (χ4v) is 1.71. The van der Waals surface area contributed by atoms with E-state index in [0.29, 0.717) is 6.61 Å². The number of hydrogen-bond acceptors (Lipinski definition) is 4. The van der Waals surface area contributed by atoms with E-state index >= 15 is 0 Å². The van der Waals surface area contributed by atoms with Crippen LogP contribution in [0.3, 0.4) is 0 Å². The molecule has 1 amide bonds. The van der Waals surface area contributed by atoms with Gasteiger partial charge in [0.05, 0.1) is 26.6 Å². The number of carbonyl (C=O) groups is 2. The molecule has 1 rings (SSSR count). The predicted molar refractivity (Wildman–Crippen MR) is 75.7 cm³/mol. The molecule has 1 N–H and O–H groups in total. The quantitative estimate of drug-likeness (QED) is 0.772. The van der Waals surface area contributed by atoms with Crippen LogP contribution in [0.5, 0.6) is 5.75 Å². The standard InChI is InChI=1S/C15H21NO4/c1-11-4-5-13(12(2)10-11)20-9-7-14(17)16-8-6-15(18)19-3/h4-5,10H,6-9H2,1-3H3,(H,16,17). The molecule has 0 unspecified atom stereocenters. The number of aryl methyl sites for hydroxylation is 2. The Bertz CT molecular complexity index is 471. The van der Waals surface area contributed by atoms with Crippen molar-refractivity contribution in [1.29, 1.82) is 0 Å². The zero-order valence-corrected chi connectivity index (χ0v) is 12.2. The Morgan fingerprint density at radius 1 is 1.20 bits per heavy atom. The average Bonchev–Trinajstić information content (AvgIpc) is 2.41. The molecule has 0 aliphatic carbocycles. The Kier molecular flexibility index (Phi) is 6.56. The van der Waals surface area contributed by atoms with Gasteiger partial charge in [0.25, 0.3) is 0 Å². The second-order valence-corrected chi connectivity index (χ2v) is 4.54. The summed E-state index contributed by atoms with van der Waals surface area (Å²) in [5.74, 6) is 0.313. The third kappa shape index (κ3) is 5.73. The molecule has 20 heavy (non-hydrogen) atoms. The first-order chi connectivity index (χ1) is 9.52. The Morgan fingerprint density at radius 2 is 1.95 bits per heavy atom. The van der Waals surface area contributed by atoms with Gasteiger partial charge in [0, 0.05) is 6.54 Å². The van der Waals surface area contributed by atoms with Gasteiger partial charge in [-0.15, -0.1) is 0 Å². The van der Waals surface area contributed by atoms with Crippen LogP contribution in [-0.4, -0.2) is 32.1 Å². The topological polar surface area (TPSA) is 64.6 Å². The molecule has 0 spiro atoms. The summed E-state index contributed by atoms with van der Waals surface area (Å²) in [7, 11) is 1.32. The number of benzene rings is 1. The number of rotatable bonds is 7. The van der Waals surface area contributed by atoms with Crippen LogP contribution in [-0.2, 0) is 14.3 Å². The summed E-state index contributed by atoms with van der Waals surface area (Å²) in [5.41, 5.74) is 2.23. The molecule has 0 aliphatic rings. The summed E-state index contributed by atoms with van der Waals surface area (Å²) in [6.07, 6.45) is 0.439. The smallest absolute Gasteiger partial charge is 0.307 e. The van der Waals surface area contributed by atoms with Gasteiger partial charge in [-0.1, -0.05) is 17.7 Å². The lowest BCUT2D eigenvalue weighted by Gasteiger charge is -2.09. The van der Waals surface area contributed by atoms with Crippen LogP contribution in [0.1, 0.15) is 24.0 Å². The minimum absolute atomic E-state index is 0.140. The molecule has 5 heteroatoms. The minimum Gasteiger partial charge on any atom is -0.493 e. The van der Waals surface area contributed by atoms with Crippen LogP contribution < -0.4 is 10.1 Å². The first-order valence-electron chi connectivity index (χ1n) is 6.56. The summed E-state index contributed by atoms with van der Waals surface area (Å²) in [6.45, 7) is 4.59. The summed E-state index contributed by atoms with van der Waals surface area (Å²) < 4.78 is 10.0. The van der Waals surface area contributed by atoms with E-state index in [4.69, 9.17) is 4.74 Å². The van der Waals surface area contributed by atoms with E-state index in [1.165, 1.54) is 12.7 Å². The van der Waals surface area contributed by atoms with Gasteiger partial charge in [-0.2, -0.15) is 0 Å². The average molecular weight is 279 g/mol. The molecular weight excluding hydrogens is 258 g/mol. The first-order valence-corrected chi connectivity index (χ1v) is 6.56. The highest BCUT2D eigenvalue weighted by atomic mass is 16.5. The molecule has 1 aromatic rings. The zero-order valence-electron chi connectivity index (χ0n) is 12.2. The third-order valence-electron chi connectivity index (χ3n) is 2.80. The molecule has 0 saturated carbocycles. The van der Waals surface area contributed by atoms with Crippen molar-refractivity contribution >= 4 is 11.9 Å². The molecular formula is C15H21NO4. The lowest BCUT2D eigenvalue weighted by Crippen LogP contribution is -2.27. The zero-order chi connectivity index (χ0) is 15.0. The van der Waals surface area contributed by atoms with Gasteiger partial charge in [0.2, 0.25) is 5.91 Å². The van der Waals surface area contributed by atoms with E-state index in [1.54, 1.807) is 0 Å². The summed E-state index contributed by atoms with van der Waals surface area (Å²) in [4.78, 5) is 22.4. The largest absolute Gasteiger partial charge is 0.493 e. The van der Waals surface area contributed by atoms with Crippen LogP contribution in [0.4, 0.5) is 0 Å². The second kappa shape index (κ2) is 8.19. The Labute approximate surface area is 119 Å². The summed E-state index contributed by atoms with van der Waals surface area (Å²) in [6, 6.07) is 5.91. The molecule has 0 atom stereocenters. The van der Waals surface area contributed by atoms with E-state index < -0.39 is 0 Å². The molecule has 0 bridgehead atoms. The van der Waals surface area contributed by atoms with Gasteiger partial charge in [-0.05, 0) is 25.5 Å². The van der Waals surface area contributed by atoms with E-state index in [9.17, 15) is 9.59 Å². The van der Waals surface area contributed by atoms with Crippen molar-refractivity contribution in [3.8, 4) is 5.75 Å². The molecule has 0 aromatic heterocycles. The van der Waals surface area contributed by atoms with Crippen LogP contribution in [0.15, 0.2) is 18.2 Å². The molecule has 0 saturated heterocycles. The Morgan fingerprint density at radius 3 is 2.60 bits per heavy atom. The number of nitrogens with one attached hydrogen (secondary N) is 1. The van der Waals surface area contributed by atoms with E-state index in [2.05, 4.69) is 10.1 Å². The maximum Gasteiger partial charge on any atom is 0.307 e. The monoisotopic (exact) mass is 279 g/mol. The number of hydrogen-bond donors (Lipinski definition) is 1. The van der Waals surface area contributed by atoms with Crippen molar-refractivity contribution in [3.63, 3.8) is 0 Å². The van der Waals surface area contributed by atoms with Crippen molar-refractivity contribution in [1.82, 2.24) is 5.32 Å². The molecule has 110 valence electrons. The van der Waals surface area contributed by atoms with Crippen LogP contribution in [0, 0.1) is 13.8 Å². The molecule has 5 nitrogen and oxygen atoms in total. The molecule has 0 aliphatic heterocycles. The number of carbonyl (C=O) groups excluding carboxylic acids is 2. The maximum atomic E-state index is 11.5. The molecule has 0 fully saturated rings. The van der Waals surface area contributed by atoms with Crippen molar-refractivity contribution < 1.29 is 19.1 Å². The van der Waals surface area contributed by atoms with Crippen molar-refractivity contribution in [3.05, 3.63) is 29.3 Å². The van der Waals surface area contributed by atoms with Gasteiger partial charge in [0.1, 0.15) is 5.75 Å². The van der Waals surface area contributed by atoms with Crippen molar-refractivity contribution in [2.75, 3.05) is 20.3 Å². The fourth-order valence-electron chi connectivity index (χ4n) is 1.71. The maximum absolute atomic E-state index is 11.5. The third-order valence-corrected chi connectivity index (χ3v) is 2.80. The lowest BCUT2D eigenvalue weighted by molar-refractivity contribution is -0.140. The first kappa shape index (κ1) is 16.0. The molecule has 0 radical (unpaired) electrons. The van der Waals surface area contributed by atoms with Gasteiger partial charge < -0.3 is 14.8 Å². The molecule has 0 heterocycles. The number of methoxy groups -OCH3 is 1. The number of esters is 1. The van der Waals surface area contributed by atoms with Crippen molar-refractivity contribution in [2.24, 2.45) is 0 Å². The van der Waals surface area contributed by atoms with Crippen LogP contribution in [0.25, 0.3) is 0 Å². The molecule has 1 aromatic carbocycles.